The van der Waals surface area contributed by atoms with Crippen LogP contribution in [0.25, 0.3) is 0 Å². The van der Waals surface area contributed by atoms with E-state index in [0.29, 0.717) is 10.6 Å². The molecule has 1 heterocycles. The topological polar surface area (TPSA) is 20.3 Å². The largest absolute Gasteiger partial charge is 0.275 e. The van der Waals surface area contributed by atoms with Crippen molar-refractivity contribution in [2.75, 3.05) is 4.90 Å². The van der Waals surface area contributed by atoms with Crippen molar-refractivity contribution < 1.29 is 4.79 Å². The number of benzene rings is 3. The highest BCUT2D eigenvalue weighted by Crippen LogP contribution is 2.48. The Kier molecular flexibility index (Phi) is 3.83. The smallest absolute Gasteiger partial charge is 0.262 e. The van der Waals surface area contributed by atoms with Gasteiger partial charge in [0, 0.05) is 20.4 Å². The van der Waals surface area contributed by atoms with Crippen molar-refractivity contribution >= 4 is 40.6 Å². The molecule has 4 heteroatoms. The van der Waals surface area contributed by atoms with Crippen molar-refractivity contribution in [1.29, 1.82) is 0 Å². The van der Waals surface area contributed by atoms with E-state index in [0.717, 1.165) is 26.7 Å². The van der Waals surface area contributed by atoms with Gasteiger partial charge in [-0.2, -0.15) is 0 Å². The van der Waals surface area contributed by atoms with Gasteiger partial charge in [0.2, 0.25) is 0 Å². The maximum Gasteiger partial charge on any atom is 0.262 e. The molecule has 0 aliphatic carbocycles. The minimum atomic E-state index is -0.0721. The van der Waals surface area contributed by atoms with E-state index in [-0.39, 0.29) is 5.91 Å². The van der Waals surface area contributed by atoms with E-state index in [1.807, 2.05) is 67.6 Å². The Morgan fingerprint density at radius 1 is 0.917 bits per heavy atom. The molecule has 0 atom stereocenters. The third kappa shape index (κ3) is 2.50. The van der Waals surface area contributed by atoms with E-state index in [1.54, 1.807) is 22.7 Å². The average Bonchev–Trinajstić information content (AvgIpc) is 2.61. The predicted octanol–water partition coefficient (Wildman–Crippen LogP) is 6.09. The second-order valence-corrected chi connectivity index (χ2v) is 7.13. The summed E-state index contributed by atoms with van der Waals surface area (Å²) in [5, 5.41) is 0.605. The highest BCUT2D eigenvalue weighted by atomic mass is 35.5. The van der Waals surface area contributed by atoms with E-state index in [1.165, 1.54) is 0 Å². The number of hydrogen-bond donors (Lipinski definition) is 0. The molecule has 0 bridgehead atoms. The van der Waals surface area contributed by atoms with Gasteiger partial charge < -0.3 is 0 Å². The van der Waals surface area contributed by atoms with Crippen LogP contribution in [0.2, 0.25) is 5.02 Å². The van der Waals surface area contributed by atoms with Crippen LogP contribution < -0.4 is 4.90 Å². The molecule has 4 rings (SSSR count). The number of nitrogens with zero attached hydrogens (tertiary/aromatic N) is 1. The van der Waals surface area contributed by atoms with Crippen molar-refractivity contribution in [3.63, 3.8) is 0 Å². The molecule has 3 aromatic carbocycles. The number of aryl methyl sites for hydroxylation is 1. The summed E-state index contributed by atoms with van der Waals surface area (Å²) in [5.41, 5.74) is 3.36. The third-order valence-electron chi connectivity index (χ3n) is 4.05. The number of fused-ring (bicyclic) bond motifs is 2. The molecule has 2 nitrogen and oxygen atoms in total. The molecule has 0 aromatic heterocycles. The number of rotatable bonds is 1. The lowest BCUT2D eigenvalue weighted by atomic mass is 10.1. The molecule has 1 aliphatic rings. The first-order valence-electron chi connectivity index (χ1n) is 7.61. The third-order valence-corrected chi connectivity index (χ3v) is 5.59. The molecule has 0 N–H and O–H groups in total. The second kappa shape index (κ2) is 6.00. The van der Waals surface area contributed by atoms with Crippen LogP contribution in [0.1, 0.15) is 15.9 Å². The normalized spacial score (nSPS) is 12.5. The van der Waals surface area contributed by atoms with Crippen molar-refractivity contribution in [1.82, 2.24) is 0 Å². The van der Waals surface area contributed by atoms with Crippen molar-refractivity contribution in [3.8, 4) is 0 Å². The lowest BCUT2D eigenvalue weighted by Crippen LogP contribution is -2.28. The molecule has 1 amide bonds. The Labute approximate surface area is 150 Å². The molecule has 24 heavy (non-hydrogen) atoms. The Bertz CT molecular complexity index is 908. The second-order valence-electron chi connectivity index (χ2n) is 5.64. The van der Waals surface area contributed by atoms with Crippen molar-refractivity contribution in [3.05, 3.63) is 82.9 Å². The summed E-state index contributed by atoms with van der Waals surface area (Å²) in [6, 6.07) is 21.4. The highest BCUT2D eigenvalue weighted by Gasteiger charge is 2.28. The van der Waals surface area contributed by atoms with Crippen LogP contribution in [0.5, 0.6) is 0 Å². The van der Waals surface area contributed by atoms with Gasteiger partial charge in [-0.1, -0.05) is 53.7 Å². The number of halogens is 1. The number of hydrogen-bond acceptors (Lipinski definition) is 2. The molecular formula is C20H14ClNOS. The van der Waals surface area contributed by atoms with Gasteiger partial charge in [0.1, 0.15) is 0 Å². The molecule has 0 saturated heterocycles. The van der Waals surface area contributed by atoms with E-state index in [2.05, 4.69) is 0 Å². The Balaban J connectivity index is 1.88. The van der Waals surface area contributed by atoms with Gasteiger partial charge >= 0.3 is 0 Å². The van der Waals surface area contributed by atoms with E-state index >= 15 is 0 Å². The predicted molar refractivity (Wildman–Crippen MR) is 99.7 cm³/mol. The molecule has 0 unspecified atom stereocenters. The van der Waals surface area contributed by atoms with Gasteiger partial charge in [0.25, 0.3) is 5.91 Å². The summed E-state index contributed by atoms with van der Waals surface area (Å²) >= 11 is 7.91. The number of carbonyl (C=O) groups is 1. The van der Waals surface area contributed by atoms with Gasteiger partial charge in [-0.25, -0.2) is 0 Å². The van der Waals surface area contributed by atoms with Crippen LogP contribution in [0.4, 0.5) is 11.4 Å². The minimum Gasteiger partial charge on any atom is -0.275 e. The van der Waals surface area contributed by atoms with Crippen LogP contribution in [-0.2, 0) is 0 Å². The van der Waals surface area contributed by atoms with Gasteiger partial charge in [0.15, 0.2) is 0 Å². The van der Waals surface area contributed by atoms with Crippen molar-refractivity contribution in [2.24, 2.45) is 0 Å². The van der Waals surface area contributed by atoms with Crippen LogP contribution in [0, 0.1) is 6.92 Å². The van der Waals surface area contributed by atoms with E-state index < -0.39 is 0 Å². The monoisotopic (exact) mass is 351 g/mol. The quantitative estimate of drug-likeness (QED) is 0.528. The fourth-order valence-electron chi connectivity index (χ4n) is 2.78. The van der Waals surface area contributed by atoms with Gasteiger partial charge in [-0.3, -0.25) is 9.69 Å². The van der Waals surface area contributed by atoms with E-state index in [9.17, 15) is 4.79 Å². The maximum absolute atomic E-state index is 13.2. The van der Waals surface area contributed by atoms with Gasteiger partial charge in [-0.15, -0.1) is 0 Å². The Hall–Kier alpha value is -2.23. The standard InChI is InChI=1S/C20H14ClNOS/c1-13-10-11-14(12-15(13)21)20(23)22-16-6-2-4-8-18(16)24-19-9-5-3-7-17(19)22/h2-12H,1H3. The zero-order valence-electron chi connectivity index (χ0n) is 13.0. The Morgan fingerprint density at radius 3 is 2.08 bits per heavy atom. The van der Waals surface area contributed by atoms with Crippen LogP contribution >= 0.6 is 23.4 Å². The summed E-state index contributed by atoms with van der Waals surface area (Å²) < 4.78 is 0. The Morgan fingerprint density at radius 2 is 1.50 bits per heavy atom. The fourth-order valence-corrected chi connectivity index (χ4v) is 4.02. The molecule has 3 aromatic rings. The fraction of sp³-hybridized carbons (Fsp3) is 0.0500. The van der Waals surface area contributed by atoms with Gasteiger partial charge in [-0.05, 0) is 48.9 Å². The molecule has 0 spiro atoms. The molecule has 0 fully saturated rings. The number of anilines is 2. The SMILES string of the molecule is Cc1ccc(C(=O)N2c3ccccc3Sc3ccccc32)cc1Cl. The van der Waals surface area contributed by atoms with E-state index in [4.69, 9.17) is 11.6 Å². The maximum atomic E-state index is 13.2. The zero-order valence-corrected chi connectivity index (χ0v) is 14.6. The average molecular weight is 352 g/mol. The first-order valence-corrected chi connectivity index (χ1v) is 8.81. The number of carbonyl (C=O) groups excluding carboxylic acids is 1. The first-order chi connectivity index (χ1) is 11.6. The van der Waals surface area contributed by atoms with Crippen LogP contribution in [0.15, 0.2) is 76.5 Å². The van der Waals surface area contributed by atoms with Crippen molar-refractivity contribution in [2.45, 2.75) is 16.7 Å². The summed E-state index contributed by atoms with van der Waals surface area (Å²) in [5.74, 6) is -0.0721. The first kappa shape index (κ1) is 15.3. The number of amides is 1. The molecule has 118 valence electrons. The molecule has 0 radical (unpaired) electrons. The van der Waals surface area contributed by atoms with Gasteiger partial charge in [0.05, 0.1) is 11.4 Å². The molecule has 1 aliphatic heterocycles. The summed E-state index contributed by atoms with van der Waals surface area (Å²) in [4.78, 5) is 17.2. The summed E-state index contributed by atoms with van der Waals surface area (Å²) in [6.45, 7) is 1.93. The lowest BCUT2D eigenvalue weighted by molar-refractivity contribution is 0.0998. The zero-order chi connectivity index (χ0) is 16.7. The molecule has 0 saturated carbocycles. The highest BCUT2D eigenvalue weighted by molar-refractivity contribution is 7.99. The molecular weight excluding hydrogens is 338 g/mol. The summed E-state index contributed by atoms with van der Waals surface area (Å²) in [7, 11) is 0. The lowest BCUT2D eigenvalue weighted by Gasteiger charge is -2.31. The minimum absolute atomic E-state index is 0.0721. The van der Waals surface area contributed by atoms with Crippen LogP contribution in [-0.4, -0.2) is 5.91 Å². The summed E-state index contributed by atoms with van der Waals surface area (Å²) in [6.07, 6.45) is 0. The van der Waals surface area contributed by atoms with Crippen LogP contribution in [0.3, 0.4) is 0 Å². The number of para-hydroxylation sites is 2.